The number of ether oxygens (including phenoxy) is 1. The lowest BCUT2D eigenvalue weighted by molar-refractivity contribution is 0.0628. The number of likely N-dealkylation sites (tertiary alicyclic amines) is 1. The van der Waals surface area contributed by atoms with E-state index < -0.39 is 0 Å². The predicted molar refractivity (Wildman–Crippen MR) is 151 cm³/mol. The van der Waals surface area contributed by atoms with Crippen molar-refractivity contribution in [2.75, 3.05) is 26.7 Å². The molecule has 0 N–H and O–H groups in total. The van der Waals surface area contributed by atoms with Gasteiger partial charge in [0.1, 0.15) is 11.4 Å². The van der Waals surface area contributed by atoms with E-state index in [9.17, 15) is 4.79 Å². The van der Waals surface area contributed by atoms with Gasteiger partial charge < -0.3 is 9.64 Å². The number of nitrogens with zero attached hydrogens (tertiary/aromatic N) is 5. The summed E-state index contributed by atoms with van der Waals surface area (Å²) in [7, 11) is 2.14. The standard InChI is InChI=1S/C30H31N5O2S/c1-33(18-23-9-10-27-25(15-23)7-3-11-31-27)17-22-5-2-8-26(16-22)37-21-24-6-4-12-34(19-24)29(36)28-20-35-13-14-38-30(35)32-28/h2-3,5,7-11,13-16,20,24H,4,6,12,17-19,21H2,1H3/t24-/m0/s1. The molecule has 1 saturated heterocycles. The molecule has 1 atom stereocenters. The SMILES string of the molecule is CN(Cc1cccc(OC[C@H]2CCCN(C(=O)c3cn4ccsc4n3)C2)c1)Cc1ccc2ncccc2c1. The lowest BCUT2D eigenvalue weighted by Gasteiger charge is -2.32. The highest BCUT2D eigenvalue weighted by molar-refractivity contribution is 7.15. The number of pyridine rings is 1. The number of imidazole rings is 1. The van der Waals surface area contributed by atoms with Crippen molar-refractivity contribution in [1.29, 1.82) is 0 Å². The van der Waals surface area contributed by atoms with Crippen molar-refractivity contribution in [2.24, 2.45) is 5.92 Å². The number of rotatable bonds is 8. The average molecular weight is 526 g/mol. The summed E-state index contributed by atoms with van der Waals surface area (Å²) in [5, 5.41) is 3.14. The van der Waals surface area contributed by atoms with Crippen LogP contribution in [0.4, 0.5) is 0 Å². The molecular formula is C30H31N5O2S. The summed E-state index contributed by atoms with van der Waals surface area (Å²) in [6.45, 7) is 3.77. The number of amides is 1. The van der Waals surface area contributed by atoms with Crippen molar-refractivity contribution >= 4 is 33.1 Å². The highest BCUT2D eigenvalue weighted by Crippen LogP contribution is 2.23. The van der Waals surface area contributed by atoms with E-state index in [-0.39, 0.29) is 5.91 Å². The molecule has 1 aliphatic rings. The number of carbonyl (C=O) groups excluding carboxylic acids is 1. The molecule has 0 spiro atoms. The van der Waals surface area contributed by atoms with Gasteiger partial charge in [-0.2, -0.15) is 0 Å². The Bertz CT molecular complexity index is 1530. The molecule has 4 heterocycles. The third-order valence-electron chi connectivity index (χ3n) is 7.08. The number of aromatic nitrogens is 3. The van der Waals surface area contributed by atoms with Crippen molar-refractivity contribution in [3.05, 3.63) is 95.4 Å². The summed E-state index contributed by atoms with van der Waals surface area (Å²) in [5.74, 6) is 1.20. The Morgan fingerprint density at radius 2 is 2.03 bits per heavy atom. The molecule has 2 aromatic carbocycles. The van der Waals surface area contributed by atoms with Gasteiger partial charge in [-0.3, -0.25) is 19.1 Å². The van der Waals surface area contributed by atoms with Gasteiger partial charge in [-0.05, 0) is 61.3 Å². The van der Waals surface area contributed by atoms with Gasteiger partial charge in [0, 0.05) is 61.5 Å². The van der Waals surface area contributed by atoms with Gasteiger partial charge in [0.25, 0.3) is 5.91 Å². The Hall–Kier alpha value is -3.75. The topological polar surface area (TPSA) is 63.0 Å². The third-order valence-corrected chi connectivity index (χ3v) is 7.85. The summed E-state index contributed by atoms with van der Waals surface area (Å²) < 4.78 is 8.13. The smallest absolute Gasteiger partial charge is 0.274 e. The minimum atomic E-state index is 0.0123. The molecule has 1 aliphatic heterocycles. The first-order chi connectivity index (χ1) is 18.6. The van der Waals surface area contributed by atoms with Crippen LogP contribution in [0.2, 0.25) is 0 Å². The van der Waals surface area contributed by atoms with E-state index >= 15 is 0 Å². The first-order valence-corrected chi connectivity index (χ1v) is 13.9. The van der Waals surface area contributed by atoms with Crippen LogP contribution in [-0.2, 0) is 13.1 Å². The van der Waals surface area contributed by atoms with Gasteiger partial charge >= 0.3 is 0 Å². The van der Waals surface area contributed by atoms with Crippen LogP contribution in [0.25, 0.3) is 15.9 Å². The molecular weight excluding hydrogens is 494 g/mol. The number of fused-ring (bicyclic) bond motifs is 2. The lowest BCUT2D eigenvalue weighted by Crippen LogP contribution is -2.41. The van der Waals surface area contributed by atoms with Crippen LogP contribution in [0, 0.1) is 5.92 Å². The van der Waals surface area contributed by atoms with Crippen LogP contribution in [0.3, 0.4) is 0 Å². The van der Waals surface area contributed by atoms with E-state index in [2.05, 4.69) is 64.4 Å². The largest absolute Gasteiger partial charge is 0.493 e. The Kier molecular flexibility index (Phi) is 7.07. The number of benzene rings is 2. The van der Waals surface area contributed by atoms with Crippen LogP contribution >= 0.6 is 11.3 Å². The Morgan fingerprint density at radius 1 is 1.13 bits per heavy atom. The molecule has 0 unspecified atom stereocenters. The Balaban J connectivity index is 1.02. The lowest BCUT2D eigenvalue weighted by atomic mass is 9.98. The fourth-order valence-corrected chi connectivity index (χ4v) is 5.93. The number of piperidine rings is 1. The van der Waals surface area contributed by atoms with E-state index in [0.29, 0.717) is 24.8 Å². The van der Waals surface area contributed by atoms with Gasteiger partial charge in [0.15, 0.2) is 4.96 Å². The predicted octanol–water partition coefficient (Wildman–Crippen LogP) is 5.51. The van der Waals surface area contributed by atoms with Crippen molar-refractivity contribution in [3.8, 4) is 5.75 Å². The van der Waals surface area contributed by atoms with Crippen molar-refractivity contribution in [2.45, 2.75) is 25.9 Å². The highest BCUT2D eigenvalue weighted by Gasteiger charge is 2.26. The molecule has 38 heavy (non-hydrogen) atoms. The van der Waals surface area contributed by atoms with E-state index in [1.807, 2.05) is 45.4 Å². The summed E-state index contributed by atoms with van der Waals surface area (Å²) in [4.78, 5) is 27.0. The van der Waals surface area contributed by atoms with Crippen molar-refractivity contribution in [3.63, 3.8) is 0 Å². The maximum Gasteiger partial charge on any atom is 0.274 e. The molecule has 0 saturated carbocycles. The molecule has 1 fully saturated rings. The highest BCUT2D eigenvalue weighted by atomic mass is 32.1. The Labute approximate surface area is 226 Å². The van der Waals surface area contributed by atoms with Gasteiger partial charge in [0.05, 0.1) is 12.1 Å². The van der Waals surface area contributed by atoms with Crippen LogP contribution < -0.4 is 4.74 Å². The summed E-state index contributed by atoms with van der Waals surface area (Å²) >= 11 is 1.54. The summed E-state index contributed by atoms with van der Waals surface area (Å²) in [6, 6.07) is 18.9. The molecule has 0 radical (unpaired) electrons. The zero-order valence-corrected chi connectivity index (χ0v) is 22.3. The van der Waals surface area contributed by atoms with Gasteiger partial charge in [-0.25, -0.2) is 4.98 Å². The summed E-state index contributed by atoms with van der Waals surface area (Å²) in [6.07, 6.45) is 7.64. The average Bonchev–Trinajstić information content (AvgIpc) is 3.55. The second kappa shape index (κ2) is 10.9. The maximum atomic E-state index is 13.0. The fourth-order valence-electron chi connectivity index (χ4n) is 5.23. The number of hydrogen-bond donors (Lipinski definition) is 0. The molecule has 7 nitrogen and oxygen atoms in total. The summed E-state index contributed by atoms with van der Waals surface area (Å²) in [5.41, 5.74) is 4.03. The normalized spacial score (nSPS) is 15.9. The molecule has 194 valence electrons. The first-order valence-electron chi connectivity index (χ1n) is 13.1. The zero-order chi connectivity index (χ0) is 25.9. The van der Waals surface area contributed by atoms with Crippen LogP contribution in [-0.4, -0.2) is 56.8 Å². The molecule has 0 bridgehead atoms. The van der Waals surface area contributed by atoms with Crippen LogP contribution in [0.1, 0.15) is 34.5 Å². The molecule has 8 heteroatoms. The Morgan fingerprint density at radius 3 is 2.92 bits per heavy atom. The number of thiazole rings is 1. The zero-order valence-electron chi connectivity index (χ0n) is 21.5. The van der Waals surface area contributed by atoms with E-state index in [1.54, 1.807) is 0 Å². The quantitative estimate of drug-likeness (QED) is 0.267. The molecule has 6 rings (SSSR count). The first kappa shape index (κ1) is 24.6. The van der Waals surface area contributed by atoms with Gasteiger partial charge in [-0.1, -0.05) is 24.3 Å². The minimum absolute atomic E-state index is 0.0123. The second-order valence-electron chi connectivity index (χ2n) is 10.1. The molecule has 5 aromatic rings. The van der Waals surface area contributed by atoms with E-state index in [1.165, 1.54) is 27.8 Å². The molecule has 0 aliphatic carbocycles. The third kappa shape index (κ3) is 5.56. The number of hydrogen-bond acceptors (Lipinski definition) is 6. The van der Waals surface area contributed by atoms with Gasteiger partial charge in [0.2, 0.25) is 0 Å². The maximum absolute atomic E-state index is 13.0. The molecule has 1 amide bonds. The second-order valence-corrected chi connectivity index (χ2v) is 11.0. The van der Waals surface area contributed by atoms with Crippen molar-refractivity contribution < 1.29 is 9.53 Å². The number of carbonyl (C=O) groups is 1. The van der Waals surface area contributed by atoms with Crippen molar-refractivity contribution in [1.82, 2.24) is 24.2 Å². The van der Waals surface area contributed by atoms with E-state index in [0.717, 1.165) is 48.7 Å². The van der Waals surface area contributed by atoms with Gasteiger partial charge in [-0.15, -0.1) is 11.3 Å². The monoisotopic (exact) mass is 525 g/mol. The fraction of sp³-hybridized carbons (Fsp3) is 0.300. The van der Waals surface area contributed by atoms with Crippen LogP contribution in [0.15, 0.2) is 78.6 Å². The van der Waals surface area contributed by atoms with Crippen LogP contribution in [0.5, 0.6) is 5.75 Å². The molecule has 3 aromatic heterocycles. The minimum Gasteiger partial charge on any atom is -0.493 e. The van der Waals surface area contributed by atoms with E-state index in [4.69, 9.17) is 4.74 Å².